The van der Waals surface area contributed by atoms with Gasteiger partial charge in [-0.05, 0) is 48.5 Å². The second kappa shape index (κ2) is 8.41. The van der Waals surface area contributed by atoms with Crippen molar-refractivity contribution in [2.75, 3.05) is 26.4 Å². The van der Waals surface area contributed by atoms with Crippen molar-refractivity contribution in [2.24, 2.45) is 5.41 Å². The Hall–Kier alpha value is -1.46. The molecule has 0 aliphatic rings. The molecule has 2 aromatic carbocycles. The molecular formula is C17H18Cl2O4. The third kappa shape index (κ3) is 5.29. The fraction of sp³-hybridized carbons (Fsp3) is 0.294. The van der Waals surface area contributed by atoms with Gasteiger partial charge in [-0.15, -0.1) is 0 Å². The Kier molecular flexibility index (Phi) is 6.54. The second-order valence-corrected chi connectivity index (χ2v) is 6.17. The Morgan fingerprint density at radius 1 is 0.696 bits per heavy atom. The Bertz CT molecular complexity index is 543. The number of benzene rings is 2. The summed E-state index contributed by atoms with van der Waals surface area (Å²) in [6.45, 7) is -0.334. The predicted octanol–water partition coefficient (Wildman–Crippen LogP) is 3.42. The Labute approximate surface area is 145 Å². The van der Waals surface area contributed by atoms with E-state index in [1.54, 1.807) is 48.5 Å². The van der Waals surface area contributed by atoms with Crippen molar-refractivity contribution in [3.8, 4) is 11.5 Å². The summed E-state index contributed by atoms with van der Waals surface area (Å²) >= 11 is 11.6. The quantitative estimate of drug-likeness (QED) is 0.760. The summed E-state index contributed by atoms with van der Waals surface area (Å²) in [6.07, 6.45) is 0. The zero-order valence-electron chi connectivity index (χ0n) is 12.4. The first-order valence-corrected chi connectivity index (χ1v) is 7.81. The molecule has 0 bridgehead atoms. The van der Waals surface area contributed by atoms with Crippen LogP contribution < -0.4 is 9.47 Å². The summed E-state index contributed by atoms with van der Waals surface area (Å²) in [4.78, 5) is 0. The molecule has 124 valence electrons. The van der Waals surface area contributed by atoms with Crippen molar-refractivity contribution in [3.05, 3.63) is 58.6 Å². The standard InChI is InChI=1S/C17H18Cl2O4/c18-13-1-5-15(6-2-13)22-11-17(9-20,10-21)12-23-16-7-3-14(19)4-8-16/h1-8,20-21H,9-12H2. The van der Waals surface area contributed by atoms with Crippen LogP contribution in [0.2, 0.25) is 10.0 Å². The average molecular weight is 357 g/mol. The molecule has 4 nitrogen and oxygen atoms in total. The smallest absolute Gasteiger partial charge is 0.119 e. The van der Waals surface area contributed by atoms with Crippen LogP contribution in [0.25, 0.3) is 0 Å². The van der Waals surface area contributed by atoms with Gasteiger partial charge in [0, 0.05) is 10.0 Å². The highest BCUT2D eigenvalue weighted by molar-refractivity contribution is 6.30. The highest BCUT2D eigenvalue weighted by Gasteiger charge is 2.31. The van der Waals surface area contributed by atoms with Gasteiger partial charge in [0.2, 0.25) is 0 Å². The predicted molar refractivity (Wildman–Crippen MR) is 90.5 cm³/mol. The third-order valence-electron chi connectivity index (χ3n) is 3.39. The van der Waals surface area contributed by atoms with Crippen LogP contribution in [-0.2, 0) is 0 Å². The fourth-order valence-electron chi connectivity index (χ4n) is 1.81. The molecule has 0 saturated carbocycles. The van der Waals surface area contributed by atoms with Gasteiger partial charge in [0.25, 0.3) is 0 Å². The van der Waals surface area contributed by atoms with E-state index in [0.29, 0.717) is 21.5 Å². The first-order chi connectivity index (χ1) is 11.1. The summed E-state index contributed by atoms with van der Waals surface area (Å²) in [5.41, 5.74) is -0.917. The first-order valence-electron chi connectivity index (χ1n) is 7.05. The highest BCUT2D eigenvalue weighted by Crippen LogP contribution is 2.23. The van der Waals surface area contributed by atoms with Crippen LogP contribution in [0.3, 0.4) is 0 Å². The maximum atomic E-state index is 9.66. The second-order valence-electron chi connectivity index (χ2n) is 5.30. The number of aliphatic hydroxyl groups excluding tert-OH is 2. The number of hydrogen-bond acceptors (Lipinski definition) is 4. The fourth-order valence-corrected chi connectivity index (χ4v) is 2.06. The van der Waals surface area contributed by atoms with Crippen LogP contribution in [0.1, 0.15) is 0 Å². The van der Waals surface area contributed by atoms with Crippen LogP contribution in [-0.4, -0.2) is 36.6 Å². The summed E-state index contributed by atoms with van der Waals surface area (Å²) in [7, 11) is 0. The molecule has 0 aliphatic heterocycles. The number of aliphatic hydroxyl groups is 2. The van der Waals surface area contributed by atoms with Crippen molar-refractivity contribution >= 4 is 23.2 Å². The Morgan fingerprint density at radius 3 is 1.35 bits per heavy atom. The normalized spacial score (nSPS) is 11.3. The van der Waals surface area contributed by atoms with Gasteiger partial charge in [0.15, 0.2) is 0 Å². The number of rotatable bonds is 8. The van der Waals surface area contributed by atoms with Crippen LogP contribution in [0, 0.1) is 5.41 Å². The van der Waals surface area contributed by atoms with E-state index in [1.165, 1.54) is 0 Å². The monoisotopic (exact) mass is 356 g/mol. The van der Waals surface area contributed by atoms with Crippen molar-refractivity contribution in [1.29, 1.82) is 0 Å². The van der Waals surface area contributed by atoms with Crippen LogP contribution >= 0.6 is 23.2 Å². The van der Waals surface area contributed by atoms with Crippen LogP contribution in [0.15, 0.2) is 48.5 Å². The molecule has 0 spiro atoms. The summed E-state index contributed by atoms with van der Waals surface area (Å²) < 4.78 is 11.3. The van der Waals surface area contributed by atoms with Gasteiger partial charge < -0.3 is 19.7 Å². The van der Waals surface area contributed by atoms with Crippen LogP contribution in [0.4, 0.5) is 0 Å². The molecule has 2 N–H and O–H groups in total. The van der Waals surface area contributed by atoms with Crippen molar-refractivity contribution in [1.82, 2.24) is 0 Å². The molecular weight excluding hydrogens is 339 g/mol. The molecule has 0 radical (unpaired) electrons. The lowest BCUT2D eigenvalue weighted by Gasteiger charge is -2.29. The number of hydrogen-bond donors (Lipinski definition) is 2. The van der Waals surface area contributed by atoms with Gasteiger partial charge >= 0.3 is 0 Å². The van der Waals surface area contributed by atoms with E-state index < -0.39 is 5.41 Å². The summed E-state index contributed by atoms with van der Waals surface area (Å²) in [5.74, 6) is 1.21. The minimum atomic E-state index is -0.917. The number of halogens is 2. The summed E-state index contributed by atoms with van der Waals surface area (Å²) in [5, 5.41) is 20.5. The first kappa shape index (κ1) is 17.9. The zero-order valence-corrected chi connectivity index (χ0v) is 13.9. The molecule has 0 amide bonds. The van der Waals surface area contributed by atoms with Gasteiger partial charge in [0.05, 0.1) is 18.6 Å². The Morgan fingerprint density at radius 2 is 1.04 bits per heavy atom. The molecule has 0 heterocycles. The van der Waals surface area contributed by atoms with E-state index in [0.717, 1.165) is 0 Å². The van der Waals surface area contributed by atoms with E-state index in [1.807, 2.05) is 0 Å². The molecule has 23 heavy (non-hydrogen) atoms. The van der Waals surface area contributed by atoms with Gasteiger partial charge in [-0.25, -0.2) is 0 Å². The van der Waals surface area contributed by atoms with Gasteiger partial charge in [-0.2, -0.15) is 0 Å². The lowest BCUT2D eigenvalue weighted by molar-refractivity contribution is -0.0186. The van der Waals surface area contributed by atoms with Crippen molar-refractivity contribution in [2.45, 2.75) is 0 Å². The average Bonchev–Trinajstić information content (AvgIpc) is 2.59. The minimum Gasteiger partial charge on any atom is -0.493 e. The zero-order chi connectivity index (χ0) is 16.7. The lowest BCUT2D eigenvalue weighted by Crippen LogP contribution is -2.41. The molecule has 0 saturated heterocycles. The van der Waals surface area contributed by atoms with Crippen molar-refractivity contribution < 1.29 is 19.7 Å². The minimum absolute atomic E-state index is 0.106. The molecule has 0 fully saturated rings. The van der Waals surface area contributed by atoms with Crippen LogP contribution in [0.5, 0.6) is 11.5 Å². The maximum absolute atomic E-state index is 9.66. The van der Waals surface area contributed by atoms with Gasteiger partial charge in [-0.3, -0.25) is 0 Å². The van der Waals surface area contributed by atoms with E-state index in [9.17, 15) is 10.2 Å². The molecule has 0 aromatic heterocycles. The molecule has 6 heteroatoms. The summed E-state index contributed by atoms with van der Waals surface area (Å²) in [6, 6.07) is 13.7. The van der Waals surface area contributed by atoms with Crippen molar-refractivity contribution in [3.63, 3.8) is 0 Å². The van der Waals surface area contributed by atoms with E-state index >= 15 is 0 Å². The molecule has 0 unspecified atom stereocenters. The molecule has 0 aliphatic carbocycles. The highest BCUT2D eigenvalue weighted by atomic mass is 35.5. The van der Waals surface area contributed by atoms with E-state index in [2.05, 4.69) is 0 Å². The SMILES string of the molecule is OCC(CO)(COc1ccc(Cl)cc1)COc1ccc(Cl)cc1. The Balaban J connectivity index is 1.97. The van der Waals surface area contributed by atoms with Gasteiger partial charge in [-0.1, -0.05) is 23.2 Å². The van der Waals surface area contributed by atoms with E-state index in [4.69, 9.17) is 32.7 Å². The van der Waals surface area contributed by atoms with E-state index in [-0.39, 0.29) is 26.4 Å². The third-order valence-corrected chi connectivity index (χ3v) is 3.89. The van der Waals surface area contributed by atoms with Gasteiger partial charge in [0.1, 0.15) is 24.7 Å². The molecule has 2 rings (SSSR count). The molecule has 0 atom stereocenters. The maximum Gasteiger partial charge on any atom is 0.119 e. The largest absolute Gasteiger partial charge is 0.493 e. The number of ether oxygens (including phenoxy) is 2. The lowest BCUT2D eigenvalue weighted by atomic mass is 9.92. The topological polar surface area (TPSA) is 58.9 Å². The molecule has 2 aromatic rings.